The van der Waals surface area contributed by atoms with E-state index >= 15 is 0 Å². The van der Waals surface area contributed by atoms with E-state index in [-0.39, 0.29) is 88.6 Å². The predicted molar refractivity (Wildman–Crippen MR) is 263 cm³/mol. The summed E-state index contributed by atoms with van der Waals surface area (Å²) in [7, 11) is 0. The van der Waals surface area contributed by atoms with E-state index in [0.717, 1.165) is 11.1 Å². The quantitative estimate of drug-likeness (QED) is 0.0429. The van der Waals surface area contributed by atoms with Gasteiger partial charge in [-0.15, -0.1) is 0 Å². The Bertz CT molecular complexity index is 1740. The average molecular weight is 924 g/mol. The van der Waals surface area contributed by atoms with E-state index in [1.807, 2.05) is 88.4 Å². The molecule has 372 valence electrons. The first kappa shape index (κ1) is 61.2. The molecule has 0 fully saturated rings. The number of unbranched alkanes of at least 4 members (excludes halogenated alkanes) is 1. The van der Waals surface area contributed by atoms with Crippen molar-refractivity contribution in [2.24, 2.45) is 52.5 Å². The third kappa shape index (κ3) is 24.1. The van der Waals surface area contributed by atoms with Gasteiger partial charge in [-0.25, -0.2) is 4.79 Å². The first-order chi connectivity index (χ1) is 30.4. The van der Waals surface area contributed by atoms with E-state index < -0.39 is 59.7 Å². The van der Waals surface area contributed by atoms with Crippen molar-refractivity contribution >= 4 is 41.0 Å². The number of hydrogen-bond donors (Lipinski definition) is 8. The minimum Gasteiger partial charge on any atom is -0.480 e. The van der Waals surface area contributed by atoms with Gasteiger partial charge in [0.05, 0.1) is 18.1 Å². The summed E-state index contributed by atoms with van der Waals surface area (Å²) >= 11 is 0. The van der Waals surface area contributed by atoms with Crippen LogP contribution in [0.4, 0.5) is 0 Å². The Hall–Kier alpha value is -4.83. The molecule has 12 N–H and O–H groups in total. The molecular formula is C51H85N7O8. The molecule has 0 bridgehead atoms. The van der Waals surface area contributed by atoms with Gasteiger partial charge in [-0.05, 0) is 107 Å². The first-order valence-corrected chi connectivity index (χ1v) is 23.1. The van der Waals surface area contributed by atoms with Crippen molar-refractivity contribution in [3.63, 3.8) is 0 Å². The number of nitrogens with one attached hydrogen (secondary N) is 3. The molecule has 15 nitrogen and oxygen atoms in total. The third-order valence-corrected chi connectivity index (χ3v) is 11.4. The van der Waals surface area contributed by atoms with Gasteiger partial charge < -0.3 is 44.0 Å². The highest BCUT2D eigenvalue weighted by molar-refractivity contribution is 5.95. The highest BCUT2D eigenvalue weighted by Crippen LogP contribution is 2.21. The van der Waals surface area contributed by atoms with E-state index in [1.165, 1.54) is 0 Å². The Morgan fingerprint density at radius 1 is 0.530 bits per heavy atom. The molecule has 0 unspecified atom stereocenters. The topological polar surface area (TPSA) is 280 Å². The summed E-state index contributed by atoms with van der Waals surface area (Å²) in [6.07, 6.45) is 3.50. The summed E-state index contributed by atoms with van der Waals surface area (Å²) in [6, 6.07) is 15.1. The lowest BCUT2D eigenvalue weighted by molar-refractivity contribution is -0.143. The van der Waals surface area contributed by atoms with Crippen molar-refractivity contribution in [3.8, 4) is 0 Å². The Kier molecular flexibility index (Phi) is 31.1. The normalized spacial score (nSPS) is 14.3. The molecule has 15 heteroatoms. The number of ketones is 3. The lowest BCUT2D eigenvalue weighted by Gasteiger charge is -2.25. The van der Waals surface area contributed by atoms with Gasteiger partial charge in [-0.2, -0.15) is 0 Å². The van der Waals surface area contributed by atoms with Crippen molar-refractivity contribution in [1.82, 2.24) is 16.0 Å². The monoisotopic (exact) mass is 924 g/mol. The molecular weight excluding hydrogens is 839 g/mol. The fourth-order valence-corrected chi connectivity index (χ4v) is 7.74. The number of carboxylic acids is 1. The average Bonchev–Trinajstić information content (AvgIpc) is 3.25. The van der Waals surface area contributed by atoms with Gasteiger partial charge in [-0.1, -0.05) is 103 Å². The lowest BCUT2D eigenvalue weighted by atomic mass is 9.88. The number of nitrogens with two attached hydrogens (primary N) is 4. The molecule has 0 aromatic heterocycles. The number of carboxylic acid groups (broad SMARTS) is 1. The smallest absolute Gasteiger partial charge is 0.326 e. The van der Waals surface area contributed by atoms with Gasteiger partial charge in [0, 0.05) is 43.6 Å². The van der Waals surface area contributed by atoms with Crippen LogP contribution in [0.1, 0.15) is 131 Å². The Labute approximate surface area is 395 Å². The number of amides is 3. The molecule has 2 aromatic carbocycles. The van der Waals surface area contributed by atoms with E-state index in [9.17, 15) is 38.7 Å². The van der Waals surface area contributed by atoms with Crippen LogP contribution in [0.25, 0.3) is 0 Å². The highest BCUT2D eigenvalue weighted by atomic mass is 16.4. The number of carbonyl (C=O) groups excluding carboxylic acids is 6. The molecule has 0 aliphatic rings. The highest BCUT2D eigenvalue weighted by Gasteiger charge is 2.32. The van der Waals surface area contributed by atoms with Crippen molar-refractivity contribution in [2.75, 3.05) is 19.6 Å². The fraction of sp³-hybridized carbons (Fsp3) is 0.627. The lowest BCUT2D eigenvalue weighted by Crippen LogP contribution is -2.47. The van der Waals surface area contributed by atoms with Gasteiger partial charge in [0.2, 0.25) is 17.7 Å². The first-order valence-electron chi connectivity index (χ1n) is 23.1. The second-order valence-electron chi connectivity index (χ2n) is 18.1. The minimum absolute atomic E-state index is 0. The fourth-order valence-electron chi connectivity index (χ4n) is 7.74. The largest absolute Gasteiger partial charge is 0.480 e. The summed E-state index contributed by atoms with van der Waals surface area (Å²) < 4.78 is 0. The number of benzene rings is 2. The molecule has 2 rings (SSSR count). The number of Topliss-reactive ketones (excluding diaryl/α,β-unsaturated/α-hetero) is 3. The van der Waals surface area contributed by atoms with Crippen molar-refractivity contribution in [3.05, 3.63) is 71.8 Å². The second kappa shape index (κ2) is 33.6. The van der Waals surface area contributed by atoms with E-state index in [0.29, 0.717) is 70.9 Å². The Morgan fingerprint density at radius 2 is 0.985 bits per heavy atom. The maximum absolute atomic E-state index is 14.0. The maximum Gasteiger partial charge on any atom is 0.326 e. The van der Waals surface area contributed by atoms with Crippen molar-refractivity contribution < 1.29 is 38.7 Å². The summed E-state index contributed by atoms with van der Waals surface area (Å²) in [5.74, 6) is -5.43. The summed E-state index contributed by atoms with van der Waals surface area (Å²) in [5.41, 5.74) is 25.6. The SMILES string of the molecule is C.C.CC(C)C[C@@H](N)C(=O)C[C@H](CCCN)C(=O)N[C@H](CCCCNC(=O)[C@@H](CCCN)CC(=O)[C@@H](CC(C)C)NC(=O)[C@H](CC(=O)[C@H](N)Cc1ccccc1)Cc1ccccc1)C(=O)O. The maximum atomic E-state index is 14.0. The molecule has 0 heterocycles. The van der Waals surface area contributed by atoms with Gasteiger partial charge in [0.1, 0.15) is 11.8 Å². The van der Waals surface area contributed by atoms with Crippen LogP contribution in [0.15, 0.2) is 60.7 Å². The molecule has 0 saturated heterocycles. The molecule has 0 aliphatic carbocycles. The number of aliphatic carboxylic acids is 1. The van der Waals surface area contributed by atoms with Gasteiger partial charge in [0.15, 0.2) is 11.6 Å². The van der Waals surface area contributed by atoms with Crippen molar-refractivity contribution in [1.29, 1.82) is 0 Å². The van der Waals surface area contributed by atoms with Crippen LogP contribution < -0.4 is 38.9 Å². The van der Waals surface area contributed by atoms with Crippen LogP contribution in [0.5, 0.6) is 0 Å². The van der Waals surface area contributed by atoms with Crippen LogP contribution >= 0.6 is 0 Å². The second-order valence-corrected chi connectivity index (χ2v) is 18.1. The van der Waals surface area contributed by atoms with Gasteiger partial charge in [-0.3, -0.25) is 28.8 Å². The van der Waals surface area contributed by atoms with Crippen LogP contribution in [0.2, 0.25) is 0 Å². The van der Waals surface area contributed by atoms with Gasteiger partial charge >= 0.3 is 5.97 Å². The van der Waals surface area contributed by atoms with E-state index in [1.54, 1.807) is 0 Å². The summed E-state index contributed by atoms with van der Waals surface area (Å²) in [6.45, 7) is 8.58. The zero-order chi connectivity index (χ0) is 47.6. The molecule has 0 aliphatic heterocycles. The molecule has 7 atom stereocenters. The van der Waals surface area contributed by atoms with Crippen LogP contribution in [-0.4, -0.2) is 89.9 Å². The molecule has 3 amide bonds. The Balaban J connectivity index is 0.0000211. The molecule has 0 radical (unpaired) electrons. The van der Waals surface area contributed by atoms with E-state index in [4.69, 9.17) is 22.9 Å². The van der Waals surface area contributed by atoms with Crippen LogP contribution in [-0.2, 0) is 46.4 Å². The molecule has 2 aromatic rings. The summed E-state index contributed by atoms with van der Waals surface area (Å²) in [5, 5.41) is 18.3. The molecule has 0 saturated carbocycles. The van der Waals surface area contributed by atoms with E-state index in [2.05, 4.69) is 16.0 Å². The van der Waals surface area contributed by atoms with Gasteiger partial charge in [0.25, 0.3) is 0 Å². The number of hydrogen-bond acceptors (Lipinski definition) is 11. The minimum atomic E-state index is -1.22. The summed E-state index contributed by atoms with van der Waals surface area (Å²) in [4.78, 5) is 93.2. The zero-order valence-electron chi connectivity index (χ0n) is 38.6. The number of carbonyl (C=O) groups is 7. The van der Waals surface area contributed by atoms with Crippen LogP contribution in [0, 0.1) is 29.6 Å². The number of rotatable bonds is 34. The molecule has 66 heavy (non-hydrogen) atoms. The molecule has 0 spiro atoms. The van der Waals surface area contributed by atoms with Crippen LogP contribution in [0.3, 0.4) is 0 Å². The Morgan fingerprint density at radius 3 is 1.50 bits per heavy atom. The third-order valence-electron chi connectivity index (χ3n) is 11.4. The van der Waals surface area contributed by atoms with Crippen molar-refractivity contribution in [2.45, 2.75) is 157 Å². The zero-order valence-corrected chi connectivity index (χ0v) is 38.6. The predicted octanol–water partition coefficient (Wildman–Crippen LogP) is 5.04. The standard InChI is InChI=1S/C49H77N7O8.2CH4/c1-32(2)25-39(52)43(57)29-37(20-14-23-51)47(61)55-41(49(63)64)21-11-12-24-54-46(60)36(19-13-22-50)30-45(59)42(26-33(3)4)56-48(62)38(27-34-15-7-5-8-16-34)31-44(58)40(53)28-35-17-9-6-10-18-35;;/h5-10,15-18,32-33,36-42H,11-14,19-31,50-53H2,1-4H3,(H,54,60)(H,55,61)(H,56,62)(H,63,64);2*1H4/t36-,37-,38-,39+,40+,41+,42+;;/m0../s1.